The molecule has 1 unspecified atom stereocenters. The van der Waals surface area contributed by atoms with Gasteiger partial charge in [-0.3, -0.25) is 0 Å². The van der Waals surface area contributed by atoms with Gasteiger partial charge in [0.1, 0.15) is 17.4 Å². The maximum Gasteiger partial charge on any atom is 0.178 e. The van der Waals surface area contributed by atoms with Gasteiger partial charge >= 0.3 is 0 Å². The molecule has 0 spiro atoms. The molecule has 0 aliphatic carbocycles. The predicted molar refractivity (Wildman–Crippen MR) is 153 cm³/mol. The van der Waals surface area contributed by atoms with Crippen LogP contribution in [0, 0.1) is 11.6 Å². The highest BCUT2D eigenvalue weighted by atomic mass is 19.1. The van der Waals surface area contributed by atoms with Crippen LogP contribution >= 0.6 is 0 Å². The summed E-state index contributed by atoms with van der Waals surface area (Å²) in [5, 5.41) is 2.20. The van der Waals surface area contributed by atoms with Crippen molar-refractivity contribution < 1.29 is 23.0 Å². The topological polar surface area (TPSA) is 34.2 Å². The summed E-state index contributed by atoms with van der Waals surface area (Å²) in [6.07, 6.45) is 3.96. The van der Waals surface area contributed by atoms with Crippen LogP contribution in [0.1, 0.15) is 16.7 Å². The molecule has 0 saturated carbocycles. The lowest BCUT2D eigenvalue weighted by atomic mass is 9.82. The molecule has 0 amide bonds. The molecule has 0 N–H and O–H groups in total. The lowest BCUT2D eigenvalue weighted by Gasteiger charge is -2.38. The first-order chi connectivity index (χ1) is 19.6. The summed E-state index contributed by atoms with van der Waals surface area (Å²) in [6, 6.07) is 22.0. The Morgan fingerprint density at radius 2 is 1.27 bits per heavy atom. The highest BCUT2D eigenvalue weighted by molar-refractivity contribution is 6.02. The molecule has 1 atom stereocenters. The molecule has 0 bridgehead atoms. The van der Waals surface area contributed by atoms with Crippen molar-refractivity contribution in [2.45, 2.75) is 5.60 Å². The van der Waals surface area contributed by atoms with E-state index in [4.69, 9.17) is 14.2 Å². The first-order valence-corrected chi connectivity index (χ1v) is 13.8. The zero-order valence-corrected chi connectivity index (χ0v) is 22.1. The smallest absolute Gasteiger partial charge is 0.178 e. The second kappa shape index (κ2) is 10.2. The van der Waals surface area contributed by atoms with Gasteiger partial charge in [0.15, 0.2) is 5.60 Å². The molecule has 5 nitrogen and oxygen atoms in total. The Hall–Kier alpha value is -3.94. The van der Waals surface area contributed by atoms with Crippen LogP contribution < -0.4 is 14.5 Å². The van der Waals surface area contributed by atoms with Crippen LogP contribution in [-0.4, -0.2) is 52.6 Å². The predicted octanol–water partition coefficient (Wildman–Crippen LogP) is 6.14. The fourth-order valence-electron chi connectivity index (χ4n) is 6.07. The van der Waals surface area contributed by atoms with Crippen molar-refractivity contribution >= 4 is 28.2 Å². The summed E-state index contributed by atoms with van der Waals surface area (Å²) >= 11 is 0. The summed E-state index contributed by atoms with van der Waals surface area (Å²) in [7, 11) is 0. The summed E-state index contributed by atoms with van der Waals surface area (Å²) in [5.41, 5.74) is 3.06. The Labute approximate surface area is 232 Å². The van der Waals surface area contributed by atoms with Crippen molar-refractivity contribution in [3.63, 3.8) is 0 Å². The minimum absolute atomic E-state index is 0.395. The standard InChI is InChI=1S/C33H30F2N2O3/c34-25-19-24(20-26(35)21-25)33(23-5-7-27(8-6-23)36-11-15-38-16-12-36)10-9-30-28-3-1-2-4-29(28)31(22-32(30)40-33)37-13-17-39-18-14-37/h1-10,19-22H,11-18H2. The number of anilines is 2. The van der Waals surface area contributed by atoms with E-state index < -0.39 is 17.2 Å². The number of nitrogens with zero attached hydrogens (tertiary/aromatic N) is 2. The normalized spacial score (nSPS) is 20.9. The van der Waals surface area contributed by atoms with E-state index in [1.165, 1.54) is 12.1 Å². The van der Waals surface area contributed by atoms with E-state index in [0.717, 1.165) is 65.5 Å². The van der Waals surface area contributed by atoms with Crippen LogP contribution in [0.2, 0.25) is 0 Å². The summed E-state index contributed by atoms with van der Waals surface area (Å²) in [4.78, 5) is 4.59. The van der Waals surface area contributed by atoms with E-state index in [0.29, 0.717) is 37.7 Å². The van der Waals surface area contributed by atoms with Gasteiger partial charge in [-0.15, -0.1) is 0 Å². The molecule has 40 heavy (non-hydrogen) atoms. The van der Waals surface area contributed by atoms with E-state index in [1.54, 1.807) is 0 Å². The lowest BCUT2D eigenvalue weighted by Crippen LogP contribution is -2.37. The van der Waals surface area contributed by atoms with Crippen molar-refractivity contribution in [3.05, 3.63) is 107 Å². The number of halogens is 2. The van der Waals surface area contributed by atoms with Crippen LogP contribution in [0.25, 0.3) is 16.8 Å². The van der Waals surface area contributed by atoms with Crippen molar-refractivity contribution in [1.29, 1.82) is 0 Å². The summed E-state index contributed by atoms with van der Waals surface area (Å²) in [5.74, 6) is -0.617. The fourth-order valence-corrected chi connectivity index (χ4v) is 6.07. The Morgan fingerprint density at radius 3 is 1.95 bits per heavy atom. The first-order valence-electron chi connectivity index (χ1n) is 13.8. The molecule has 7 rings (SSSR count). The van der Waals surface area contributed by atoms with Gasteiger partial charge in [-0.2, -0.15) is 0 Å². The fraction of sp³-hybridized carbons (Fsp3) is 0.273. The molecular weight excluding hydrogens is 510 g/mol. The van der Waals surface area contributed by atoms with E-state index >= 15 is 0 Å². The largest absolute Gasteiger partial charge is 0.473 e. The minimum atomic E-state index is -1.22. The number of fused-ring (bicyclic) bond motifs is 3. The third-order valence-electron chi connectivity index (χ3n) is 8.10. The molecule has 3 aliphatic rings. The highest BCUT2D eigenvalue weighted by Gasteiger charge is 2.39. The molecule has 3 aliphatic heterocycles. The molecule has 0 aromatic heterocycles. The molecule has 7 heteroatoms. The number of hydrogen-bond acceptors (Lipinski definition) is 5. The van der Waals surface area contributed by atoms with E-state index in [9.17, 15) is 8.78 Å². The number of morpholine rings is 2. The third kappa shape index (κ3) is 4.39. The van der Waals surface area contributed by atoms with Crippen LogP contribution in [0.3, 0.4) is 0 Å². The van der Waals surface area contributed by atoms with Crippen LogP contribution in [0.15, 0.2) is 78.9 Å². The summed E-state index contributed by atoms with van der Waals surface area (Å²) in [6.45, 7) is 5.90. The monoisotopic (exact) mass is 540 g/mol. The van der Waals surface area contributed by atoms with Crippen molar-refractivity contribution in [3.8, 4) is 5.75 Å². The quantitative estimate of drug-likeness (QED) is 0.311. The van der Waals surface area contributed by atoms with Gasteiger partial charge in [-0.1, -0.05) is 36.4 Å². The second-order valence-electron chi connectivity index (χ2n) is 10.4. The average Bonchev–Trinajstić information content (AvgIpc) is 3.01. The molecule has 3 heterocycles. The Bertz CT molecular complexity index is 1560. The molecule has 2 saturated heterocycles. The van der Waals surface area contributed by atoms with Gasteiger partial charge in [-0.25, -0.2) is 8.78 Å². The first kappa shape index (κ1) is 25.1. The number of rotatable bonds is 4. The van der Waals surface area contributed by atoms with E-state index in [1.807, 2.05) is 48.6 Å². The van der Waals surface area contributed by atoms with Gasteiger partial charge < -0.3 is 24.0 Å². The molecule has 204 valence electrons. The average molecular weight is 541 g/mol. The van der Waals surface area contributed by atoms with Crippen LogP contribution in [-0.2, 0) is 15.1 Å². The molecule has 0 radical (unpaired) electrons. The van der Waals surface area contributed by atoms with E-state index in [2.05, 4.69) is 28.0 Å². The van der Waals surface area contributed by atoms with Crippen molar-refractivity contribution in [1.82, 2.24) is 0 Å². The van der Waals surface area contributed by atoms with E-state index in [-0.39, 0.29) is 0 Å². The van der Waals surface area contributed by atoms with Gasteiger partial charge in [0.25, 0.3) is 0 Å². The van der Waals surface area contributed by atoms with Crippen molar-refractivity contribution in [2.24, 2.45) is 0 Å². The maximum atomic E-state index is 14.6. The highest BCUT2D eigenvalue weighted by Crippen LogP contribution is 2.47. The van der Waals surface area contributed by atoms with Gasteiger partial charge in [-0.05, 0) is 41.8 Å². The molecular formula is C33H30F2N2O3. The molecule has 2 fully saturated rings. The number of hydrogen-bond donors (Lipinski definition) is 0. The van der Waals surface area contributed by atoms with Gasteiger partial charge in [0.2, 0.25) is 0 Å². The zero-order chi connectivity index (χ0) is 27.1. The van der Waals surface area contributed by atoms with Crippen LogP contribution in [0.5, 0.6) is 5.75 Å². The maximum absolute atomic E-state index is 14.6. The SMILES string of the molecule is Fc1cc(F)cc(C2(c3ccc(N4CCOCC4)cc3)C=Cc3c(cc(N4CCOCC4)c4ccccc34)O2)c1. The zero-order valence-electron chi connectivity index (χ0n) is 22.1. The summed E-state index contributed by atoms with van der Waals surface area (Å²) < 4.78 is 47.3. The Morgan fingerprint density at radius 1 is 0.650 bits per heavy atom. The molecule has 4 aromatic rings. The Balaban J connectivity index is 1.38. The van der Waals surface area contributed by atoms with Crippen molar-refractivity contribution in [2.75, 3.05) is 62.4 Å². The lowest BCUT2D eigenvalue weighted by molar-refractivity contribution is 0.122. The third-order valence-corrected chi connectivity index (χ3v) is 8.10. The minimum Gasteiger partial charge on any atom is -0.473 e. The van der Waals surface area contributed by atoms with Gasteiger partial charge in [0.05, 0.1) is 26.4 Å². The Kier molecular flexibility index (Phi) is 6.41. The second-order valence-corrected chi connectivity index (χ2v) is 10.4. The van der Waals surface area contributed by atoms with Crippen LogP contribution in [0.4, 0.5) is 20.2 Å². The number of ether oxygens (including phenoxy) is 3. The number of benzene rings is 4. The molecule has 4 aromatic carbocycles. The van der Waals surface area contributed by atoms with Gasteiger partial charge in [0, 0.05) is 71.8 Å².